The highest BCUT2D eigenvalue weighted by molar-refractivity contribution is 6.48. The lowest BCUT2D eigenvalue weighted by molar-refractivity contribution is 0.350. The summed E-state index contributed by atoms with van der Waals surface area (Å²) in [7, 11) is -0.988. The van der Waals surface area contributed by atoms with Crippen LogP contribution < -0.4 is 0 Å². The first-order chi connectivity index (χ1) is 7.54. The number of unbranched alkanes of at least 4 members (excludes halogenated alkanes) is 2. The molecule has 0 spiro atoms. The Hall–Kier alpha value is -0.423. The van der Waals surface area contributed by atoms with Gasteiger partial charge < -0.3 is 4.43 Å². The second kappa shape index (κ2) is 8.70. The summed E-state index contributed by atoms with van der Waals surface area (Å²) in [4.78, 5) is 0. The maximum atomic E-state index is 5.48. The highest BCUT2D eigenvalue weighted by Gasteiger charge is 2.20. The zero-order valence-corrected chi connectivity index (χ0v) is 12.9. The molecular weight excluding hydrogens is 212 g/mol. The molecule has 0 aliphatic rings. The molecule has 0 unspecified atom stereocenters. The van der Waals surface area contributed by atoms with Gasteiger partial charge in [-0.3, -0.25) is 0 Å². The van der Waals surface area contributed by atoms with E-state index in [2.05, 4.69) is 45.9 Å². The molecule has 0 atom stereocenters. The lowest BCUT2D eigenvalue weighted by atomic mass is 9.81. The molecule has 0 fully saturated rings. The number of hydrogen-bond acceptors (Lipinski definition) is 1. The highest BCUT2D eigenvalue weighted by Crippen LogP contribution is 2.29. The zero-order valence-electron chi connectivity index (χ0n) is 11.7. The molecule has 2 heteroatoms. The summed E-state index contributed by atoms with van der Waals surface area (Å²) in [5, 5.41) is 0. The van der Waals surface area contributed by atoms with E-state index in [0.29, 0.717) is 0 Å². The third kappa shape index (κ3) is 7.82. The molecule has 0 saturated carbocycles. The van der Waals surface area contributed by atoms with Crippen LogP contribution in [0.1, 0.15) is 59.3 Å². The van der Waals surface area contributed by atoms with Crippen molar-refractivity contribution in [2.45, 2.75) is 72.4 Å². The molecule has 0 heterocycles. The van der Waals surface area contributed by atoms with Crippen molar-refractivity contribution in [1.29, 1.82) is 0 Å². The SMILES string of the molecule is CCCCC(C)(C#CO[SiH](C)C)CCCC. The van der Waals surface area contributed by atoms with E-state index in [0.717, 1.165) is 0 Å². The van der Waals surface area contributed by atoms with Crippen molar-refractivity contribution >= 4 is 9.04 Å². The van der Waals surface area contributed by atoms with Gasteiger partial charge in [0.25, 0.3) is 0 Å². The van der Waals surface area contributed by atoms with Crippen LogP contribution in [-0.2, 0) is 4.43 Å². The Kier molecular flexibility index (Phi) is 8.47. The minimum atomic E-state index is -0.988. The Morgan fingerprint density at radius 1 is 1.06 bits per heavy atom. The van der Waals surface area contributed by atoms with Crippen molar-refractivity contribution in [2.75, 3.05) is 0 Å². The van der Waals surface area contributed by atoms with Crippen LogP contribution in [-0.4, -0.2) is 9.04 Å². The summed E-state index contributed by atoms with van der Waals surface area (Å²) in [5.41, 5.74) is 0.176. The van der Waals surface area contributed by atoms with Crippen molar-refractivity contribution in [2.24, 2.45) is 5.41 Å². The molecule has 0 radical (unpaired) electrons. The minimum absolute atomic E-state index is 0.176. The highest BCUT2D eigenvalue weighted by atomic mass is 28.3. The third-order valence-corrected chi connectivity index (χ3v) is 3.40. The second-order valence-electron chi connectivity index (χ2n) is 5.16. The maximum absolute atomic E-state index is 5.48. The van der Waals surface area contributed by atoms with Crippen LogP contribution in [0, 0.1) is 17.4 Å². The van der Waals surface area contributed by atoms with E-state index in [-0.39, 0.29) is 5.41 Å². The van der Waals surface area contributed by atoms with Gasteiger partial charge in [-0.25, -0.2) is 0 Å². The van der Waals surface area contributed by atoms with Crippen molar-refractivity contribution in [3.63, 3.8) is 0 Å². The number of hydrogen-bond donors (Lipinski definition) is 0. The number of rotatable bonds is 7. The van der Waals surface area contributed by atoms with Crippen molar-refractivity contribution in [1.82, 2.24) is 0 Å². The molecule has 0 saturated heterocycles. The van der Waals surface area contributed by atoms with Crippen LogP contribution in [0.4, 0.5) is 0 Å². The van der Waals surface area contributed by atoms with Gasteiger partial charge in [-0.05, 0) is 32.9 Å². The Morgan fingerprint density at radius 3 is 1.94 bits per heavy atom. The predicted molar refractivity (Wildman–Crippen MR) is 74.9 cm³/mol. The lowest BCUT2D eigenvalue weighted by Crippen LogP contribution is -2.14. The van der Waals surface area contributed by atoms with Gasteiger partial charge >= 0.3 is 0 Å². The summed E-state index contributed by atoms with van der Waals surface area (Å²) >= 11 is 0. The second-order valence-corrected chi connectivity index (χ2v) is 7.49. The van der Waals surface area contributed by atoms with E-state index < -0.39 is 9.04 Å². The van der Waals surface area contributed by atoms with Crippen LogP contribution in [0.3, 0.4) is 0 Å². The van der Waals surface area contributed by atoms with Crippen LogP contribution in [0.15, 0.2) is 0 Å². The Bertz CT molecular complexity index is 217. The molecule has 0 amide bonds. The average molecular weight is 240 g/mol. The topological polar surface area (TPSA) is 9.23 Å². The molecule has 0 aliphatic heterocycles. The summed E-state index contributed by atoms with van der Waals surface area (Å²) < 4.78 is 5.48. The standard InChI is InChI=1S/C14H28OSi/c1-6-8-10-14(3,11-9-7-2)12-13-15-16(4)5/h16H,6-11H2,1-5H3. The van der Waals surface area contributed by atoms with Crippen molar-refractivity contribution < 1.29 is 4.43 Å². The summed E-state index contributed by atoms with van der Waals surface area (Å²) in [6.07, 6.45) is 10.4. The van der Waals surface area contributed by atoms with E-state index in [4.69, 9.17) is 4.43 Å². The fourth-order valence-corrected chi connectivity index (χ4v) is 1.95. The van der Waals surface area contributed by atoms with Gasteiger partial charge in [0.1, 0.15) is 0 Å². The van der Waals surface area contributed by atoms with E-state index in [1.165, 1.54) is 38.5 Å². The van der Waals surface area contributed by atoms with Gasteiger partial charge in [0, 0.05) is 5.41 Å². The quantitative estimate of drug-likeness (QED) is 0.475. The molecule has 0 rings (SSSR count). The Labute approximate surface area is 104 Å². The molecule has 16 heavy (non-hydrogen) atoms. The molecule has 0 aromatic carbocycles. The molecule has 94 valence electrons. The van der Waals surface area contributed by atoms with Crippen LogP contribution >= 0.6 is 0 Å². The first kappa shape index (κ1) is 15.6. The molecular formula is C14H28OSi. The van der Waals surface area contributed by atoms with Crippen LogP contribution in [0.5, 0.6) is 0 Å². The lowest BCUT2D eigenvalue weighted by Gasteiger charge is -2.22. The first-order valence-corrected chi connectivity index (χ1v) is 9.50. The summed E-state index contributed by atoms with van der Waals surface area (Å²) in [6.45, 7) is 11.1. The molecule has 0 aliphatic carbocycles. The van der Waals surface area contributed by atoms with Crippen LogP contribution in [0.2, 0.25) is 13.1 Å². The Balaban J connectivity index is 4.30. The van der Waals surface area contributed by atoms with Gasteiger partial charge in [0.05, 0.1) is 6.11 Å². The fraction of sp³-hybridized carbons (Fsp3) is 0.857. The predicted octanol–water partition coefficient (Wildman–Crippen LogP) is 4.33. The normalized spacial score (nSPS) is 11.1. The molecule has 0 aromatic rings. The van der Waals surface area contributed by atoms with Crippen molar-refractivity contribution in [3.8, 4) is 12.0 Å². The molecule has 0 bridgehead atoms. The van der Waals surface area contributed by atoms with E-state index in [1.54, 1.807) is 0 Å². The molecule has 0 aromatic heterocycles. The fourth-order valence-electron chi connectivity index (χ4n) is 1.65. The minimum Gasteiger partial charge on any atom is -0.505 e. The monoisotopic (exact) mass is 240 g/mol. The van der Waals surface area contributed by atoms with E-state index >= 15 is 0 Å². The van der Waals surface area contributed by atoms with E-state index in [9.17, 15) is 0 Å². The van der Waals surface area contributed by atoms with Gasteiger partial charge in [0.2, 0.25) is 9.04 Å². The average Bonchev–Trinajstić information content (AvgIpc) is 2.23. The van der Waals surface area contributed by atoms with Gasteiger partial charge in [0.15, 0.2) is 0 Å². The summed E-state index contributed by atoms with van der Waals surface area (Å²) in [6, 6.07) is 0. The molecule has 1 nitrogen and oxygen atoms in total. The third-order valence-electron chi connectivity index (χ3n) is 2.81. The maximum Gasteiger partial charge on any atom is 0.244 e. The van der Waals surface area contributed by atoms with E-state index in [1.807, 2.05) is 0 Å². The largest absolute Gasteiger partial charge is 0.505 e. The van der Waals surface area contributed by atoms with Crippen molar-refractivity contribution in [3.05, 3.63) is 0 Å². The summed E-state index contributed by atoms with van der Waals surface area (Å²) in [5.74, 6) is 3.36. The van der Waals surface area contributed by atoms with Crippen LogP contribution in [0.25, 0.3) is 0 Å². The van der Waals surface area contributed by atoms with Gasteiger partial charge in [-0.2, -0.15) is 0 Å². The molecule has 0 N–H and O–H groups in total. The first-order valence-electron chi connectivity index (χ1n) is 6.72. The Morgan fingerprint density at radius 2 is 1.56 bits per heavy atom. The zero-order chi connectivity index (χ0) is 12.4. The van der Waals surface area contributed by atoms with Gasteiger partial charge in [-0.1, -0.05) is 45.5 Å². The van der Waals surface area contributed by atoms with Gasteiger partial charge in [-0.15, -0.1) is 0 Å². The smallest absolute Gasteiger partial charge is 0.244 e.